The van der Waals surface area contributed by atoms with E-state index in [1.165, 1.54) is 10.7 Å². The predicted molar refractivity (Wildman–Crippen MR) is 109 cm³/mol. The van der Waals surface area contributed by atoms with Crippen LogP contribution in [-0.2, 0) is 16.0 Å². The Kier molecular flexibility index (Phi) is 6.19. The number of anilines is 1. The van der Waals surface area contributed by atoms with Crippen LogP contribution in [-0.4, -0.2) is 28.3 Å². The van der Waals surface area contributed by atoms with Gasteiger partial charge >= 0.3 is 5.97 Å². The Morgan fingerprint density at radius 3 is 2.55 bits per heavy atom. The highest BCUT2D eigenvalue weighted by Gasteiger charge is 2.18. The maximum atomic E-state index is 12.3. The van der Waals surface area contributed by atoms with E-state index in [-0.39, 0.29) is 5.69 Å². The number of amides is 1. The van der Waals surface area contributed by atoms with E-state index in [0.29, 0.717) is 17.1 Å². The Morgan fingerprint density at radius 1 is 1.07 bits per heavy atom. The lowest BCUT2D eigenvalue weighted by Gasteiger charge is -2.11. The van der Waals surface area contributed by atoms with Crippen molar-refractivity contribution in [3.05, 3.63) is 87.8 Å². The van der Waals surface area contributed by atoms with Crippen molar-refractivity contribution in [1.82, 2.24) is 9.78 Å². The summed E-state index contributed by atoms with van der Waals surface area (Å²) in [5.74, 6) is -1.45. The highest BCUT2D eigenvalue weighted by atomic mass is 16.5. The van der Waals surface area contributed by atoms with E-state index in [0.717, 1.165) is 12.0 Å². The molecule has 0 saturated carbocycles. The molecule has 2 aromatic carbocycles. The van der Waals surface area contributed by atoms with Crippen molar-refractivity contribution >= 4 is 17.6 Å². The number of benzene rings is 2. The molecule has 0 fully saturated rings. The van der Waals surface area contributed by atoms with Crippen LogP contribution in [0.2, 0.25) is 0 Å². The summed E-state index contributed by atoms with van der Waals surface area (Å²) in [7, 11) is 0. The molecule has 0 aliphatic heterocycles. The van der Waals surface area contributed by atoms with Crippen molar-refractivity contribution in [1.29, 1.82) is 0 Å². The second kappa shape index (κ2) is 8.97. The van der Waals surface area contributed by atoms with Crippen molar-refractivity contribution in [3.63, 3.8) is 0 Å². The summed E-state index contributed by atoms with van der Waals surface area (Å²) < 4.78 is 6.48. The van der Waals surface area contributed by atoms with Crippen molar-refractivity contribution in [2.45, 2.75) is 20.3 Å². The number of nitrogens with one attached hydrogen (secondary N) is 1. The summed E-state index contributed by atoms with van der Waals surface area (Å²) >= 11 is 0. The van der Waals surface area contributed by atoms with Crippen molar-refractivity contribution in [2.75, 3.05) is 11.9 Å². The molecular weight excluding hydrogens is 370 g/mol. The summed E-state index contributed by atoms with van der Waals surface area (Å²) in [5.41, 5.74) is 2.03. The zero-order valence-corrected chi connectivity index (χ0v) is 16.2. The Hall–Kier alpha value is -3.74. The van der Waals surface area contributed by atoms with Gasteiger partial charge in [0.25, 0.3) is 5.91 Å². The standard InChI is InChI=1S/C22H21N3O4/c1-3-16-8-7-9-17(13-16)23-20(27)14-29-22(28)21-19(26)12-15(2)25(24-21)18-10-5-4-6-11-18/h4-13H,3,14H2,1-2H3,(H,23,27). The van der Waals surface area contributed by atoms with Gasteiger partial charge in [0, 0.05) is 17.4 Å². The van der Waals surface area contributed by atoms with E-state index in [1.807, 2.05) is 43.3 Å². The number of nitrogens with zero attached hydrogens (tertiary/aromatic N) is 2. The van der Waals surface area contributed by atoms with Gasteiger partial charge in [0.1, 0.15) is 0 Å². The summed E-state index contributed by atoms with van der Waals surface area (Å²) in [6.45, 7) is 3.21. The molecule has 0 bridgehead atoms. The molecule has 3 aromatic rings. The minimum atomic E-state index is -0.947. The lowest BCUT2D eigenvalue weighted by atomic mass is 10.1. The lowest BCUT2D eigenvalue weighted by molar-refractivity contribution is -0.119. The molecule has 0 atom stereocenters. The molecule has 1 heterocycles. The van der Waals surface area contributed by atoms with Gasteiger partial charge in [0.2, 0.25) is 11.1 Å². The Balaban J connectivity index is 1.70. The van der Waals surface area contributed by atoms with E-state index >= 15 is 0 Å². The first-order chi connectivity index (χ1) is 14.0. The first-order valence-electron chi connectivity index (χ1n) is 9.20. The molecule has 0 unspecified atom stereocenters. The SMILES string of the molecule is CCc1cccc(NC(=O)COC(=O)c2nn(-c3ccccc3)c(C)cc2=O)c1. The lowest BCUT2D eigenvalue weighted by Crippen LogP contribution is -2.27. The van der Waals surface area contributed by atoms with Crippen LogP contribution in [0.15, 0.2) is 65.5 Å². The van der Waals surface area contributed by atoms with Gasteiger partial charge in [-0.05, 0) is 43.2 Å². The highest BCUT2D eigenvalue weighted by molar-refractivity contribution is 5.94. The second-order valence-corrected chi connectivity index (χ2v) is 6.42. The number of carbonyl (C=O) groups is 2. The molecule has 7 nitrogen and oxygen atoms in total. The fourth-order valence-electron chi connectivity index (χ4n) is 2.78. The number of aromatic nitrogens is 2. The van der Waals surface area contributed by atoms with E-state index in [2.05, 4.69) is 10.4 Å². The molecule has 7 heteroatoms. The van der Waals surface area contributed by atoms with Crippen LogP contribution < -0.4 is 10.7 Å². The van der Waals surface area contributed by atoms with Crippen LogP contribution in [0.3, 0.4) is 0 Å². The van der Waals surface area contributed by atoms with Gasteiger partial charge in [-0.3, -0.25) is 9.59 Å². The van der Waals surface area contributed by atoms with Crippen LogP contribution >= 0.6 is 0 Å². The summed E-state index contributed by atoms with van der Waals surface area (Å²) in [4.78, 5) is 36.6. The summed E-state index contributed by atoms with van der Waals surface area (Å²) in [6, 6.07) is 17.8. The van der Waals surface area contributed by atoms with E-state index in [1.54, 1.807) is 25.1 Å². The van der Waals surface area contributed by atoms with Gasteiger partial charge in [-0.15, -0.1) is 0 Å². The molecule has 0 aliphatic carbocycles. The van der Waals surface area contributed by atoms with E-state index in [4.69, 9.17) is 4.74 Å². The molecule has 1 N–H and O–H groups in total. The number of esters is 1. The number of aryl methyl sites for hydroxylation is 2. The maximum Gasteiger partial charge on any atom is 0.363 e. The molecular formula is C22H21N3O4. The largest absolute Gasteiger partial charge is 0.451 e. The first kappa shape index (κ1) is 20.0. The van der Waals surface area contributed by atoms with Gasteiger partial charge in [0.15, 0.2) is 6.61 Å². The molecule has 0 aliphatic rings. The molecule has 1 aromatic heterocycles. The second-order valence-electron chi connectivity index (χ2n) is 6.42. The van der Waals surface area contributed by atoms with Gasteiger partial charge in [0.05, 0.1) is 5.69 Å². The minimum Gasteiger partial charge on any atom is -0.451 e. The molecule has 148 valence electrons. The van der Waals surface area contributed by atoms with Gasteiger partial charge < -0.3 is 10.1 Å². The zero-order valence-electron chi connectivity index (χ0n) is 16.2. The van der Waals surface area contributed by atoms with Crippen molar-refractivity contribution < 1.29 is 14.3 Å². The third-order valence-electron chi connectivity index (χ3n) is 4.25. The van der Waals surface area contributed by atoms with Crippen LogP contribution in [0.4, 0.5) is 5.69 Å². The number of carbonyl (C=O) groups excluding carboxylic acids is 2. The summed E-state index contributed by atoms with van der Waals surface area (Å²) in [6.07, 6.45) is 0.839. The quantitative estimate of drug-likeness (QED) is 0.653. The van der Waals surface area contributed by atoms with Crippen LogP contribution in [0.1, 0.15) is 28.7 Å². The molecule has 1 amide bonds. The maximum absolute atomic E-state index is 12.3. The van der Waals surface area contributed by atoms with E-state index in [9.17, 15) is 14.4 Å². The average molecular weight is 391 g/mol. The minimum absolute atomic E-state index is 0.375. The fourth-order valence-corrected chi connectivity index (χ4v) is 2.78. The van der Waals surface area contributed by atoms with Gasteiger partial charge in [-0.25, -0.2) is 9.48 Å². The summed E-state index contributed by atoms with van der Waals surface area (Å²) in [5, 5.41) is 6.79. The van der Waals surface area contributed by atoms with Crippen LogP contribution in [0.25, 0.3) is 5.69 Å². The first-order valence-corrected chi connectivity index (χ1v) is 9.20. The third kappa shape index (κ3) is 4.95. The number of rotatable bonds is 6. The van der Waals surface area contributed by atoms with Gasteiger partial charge in [-0.2, -0.15) is 5.10 Å². The predicted octanol–water partition coefficient (Wildman–Crippen LogP) is 2.90. The molecule has 29 heavy (non-hydrogen) atoms. The normalized spacial score (nSPS) is 10.4. The molecule has 3 rings (SSSR count). The third-order valence-corrected chi connectivity index (χ3v) is 4.25. The van der Waals surface area contributed by atoms with Gasteiger partial charge in [-0.1, -0.05) is 37.3 Å². The average Bonchev–Trinajstić information content (AvgIpc) is 2.73. The molecule has 0 spiro atoms. The number of hydrogen-bond acceptors (Lipinski definition) is 5. The Bertz CT molecular complexity index is 1090. The Morgan fingerprint density at radius 2 is 1.83 bits per heavy atom. The topological polar surface area (TPSA) is 90.3 Å². The van der Waals surface area contributed by atoms with Crippen molar-refractivity contribution in [3.8, 4) is 5.69 Å². The number of ether oxygens (including phenoxy) is 1. The highest BCUT2D eigenvalue weighted by Crippen LogP contribution is 2.11. The number of para-hydroxylation sites is 1. The molecule has 0 saturated heterocycles. The fraction of sp³-hybridized carbons (Fsp3) is 0.182. The van der Waals surface area contributed by atoms with Crippen LogP contribution in [0.5, 0.6) is 0 Å². The Labute approximate surface area is 168 Å². The number of hydrogen-bond donors (Lipinski definition) is 1. The van der Waals surface area contributed by atoms with E-state index < -0.39 is 23.9 Å². The van der Waals surface area contributed by atoms with Crippen LogP contribution in [0, 0.1) is 6.92 Å². The monoisotopic (exact) mass is 391 g/mol. The zero-order chi connectivity index (χ0) is 20.8. The smallest absolute Gasteiger partial charge is 0.363 e. The van der Waals surface area contributed by atoms with Crippen molar-refractivity contribution in [2.24, 2.45) is 0 Å². The molecule has 0 radical (unpaired) electrons.